The van der Waals surface area contributed by atoms with Crippen molar-refractivity contribution >= 4 is 0 Å². The molecule has 0 spiro atoms. The normalized spacial score (nSPS) is 18.7. The van der Waals surface area contributed by atoms with Crippen LogP contribution in [0.5, 0.6) is 0 Å². The third kappa shape index (κ3) is 3.71. The Kier molecular flexibility index (Phi) is 3.68. The van der Waals surface area contributed by atoms with E-state index in [1.54, 1.807) is 0 Å². The van der Waals surface area contributed by atoms with E-state index in [0.29, 0.717) is 0 Å². The Morgan fingerprint density at radius 3 is 2.53 bits per heavy atom. The van der Waals surface area contributed by atoms with Crippen molar-refractivity contribution in [1.82, 2.24) is 5.32 Å². The molecule has 1 aromatic carbocycles. The minimum Gasteiger partial charge on any atom is -0.313 e. The number of benzene rings is 1. The molecule has 1 aliphatic rings. The van der Waals surface area contributed by atoms with E-state index in [2.05, 4.69) is 56.1 Å². The highest BCUT2D eigenvalue weighted by Gasteiger charge is 2.26. The molecule has 1 N–H and O–H groups in total. The van der Waals surface area contributed by atoms with Crippen molar-refractivity contribution in [2.24, 2.45) is 5.41 Å². The molecule has 0 heterocycles. The zero-order valence-corrected chi connectivity index (χ0v) is 11.0. The van der Waals surface area contributed by atoms with Gasteiger partial charge < -0.3 is 5.32 Å². The van der Waals surface area contributed by atoms with Crippen LogP contribution in [0.3, 0.4) is 0 Å². The van der Waals surface area contributed by atoms with E-state index in [4.69, 9.17) is 0 Å². The lowest BCUT2D eigenvalue weighted by Crippen LogP contribution is -2.33. The maximum atomic E-state index is 4.00. The Bertz CT molecular complexity index is 375. The number of hydrogen-bond acceptors (Lipinski definition) is 1. The summed E-state index contributed by atoms with van der Waals surface area (Å²) in [6, 6.07) is 9.61. The van der Waals surface area contributed by atoms with Crippen molar-refractivity contribution in [3.05, 3.63) is 48.0 Å². The first kappa shape index (κ1) is 12.4. The SMILES string of the molecule is C=CC(C)(CNC1CC1)Cc1ccc(C)cc1. The van der Waals surface area contributed by atoms with Crippen LogP contribution >= 0.6 is 0 Å². The van der Waals surface area contributed by atoms with Gasteiger partial charge in [0.25, 0.3) is 0 Å². The average molecular weight is 229 g/mol. The van der Waals surface area contributed by atoms with Gasteiger partial charge in [-0.3, -0.25) is 0 Å². The molecular weight excluding hydrogens is 206 g/mol. The largest absolute Gasteiger partial charge is 0.313 e. The van der Waals surface area contributed by atoms with Crippen molar-refractivity contribution in [3.8, 4) is 0 Å². The van der Waals surface area contributed by atoms with Gasteiger partial charge in [-0.15, -0.1) is 6.58 Å². The van der Waals surface area contributed by atoms with E-state index in [-0.39, 0.29) is 5.41 Å². The van der Waals surface area contributed by atoms with Gasteiger partial charge in [-0.2, -0.15) is 0 Å². The van der Waals surface area contributed by atoms with Crippen LogP contribution in [-0.4, -0.2) is 12.6 Å². The van der Waals surface area contributed by atoms with Gasteiger partial charge in [0.15, 0.2) is 0 Å². The van der Waals surface area contributed by atoms with Crippen LogP contribution in [0.4, 0.5) is 0 Å². The molecule has 1 saturated carbocycles. The number of rotatable bonds is 6. The molecule has 0 amide bonds. The summed E-state index contributed by atoms with van der Waals surface area (Å²) in [5, 5.41) is 3.61. The zero-order chi connectivity index (χ0) is 12.3. The van der Waals surface area contributed by atoms with Crippen molar-refractivity contribution in [2.75, 3.05) is 6.54 Å². The van der Waals surface area contributed by atoms with Gasteiger partial charge in [0, 0.05) is 18.0 Å². The first-order valence-corrected chi connectivity index (χ1v) is 6.54. The minimum atomic E-state index is 0.165. The summed E-state index contributed by atoms with van der Waals surface area (Å²) in [5.41, 5.74) is 2.89. The van der Waals surface area contributed by atoms with Crippen LogP contribution in [0.1, 0.15) is 30.9 Å². The van der Waals surface area contributed by atoms with Crippen molar-refractivity contribution in [3.63, 3.8) is 0 Å². The lowest BCUT2D eigenvalue weighted by atomic mass is 9.83. The lowest BCUT2D eigenvalue weighted by Gasteiger charge is -2.26. The molecule has 1 fully saturated rings. The fourth-order valence-corrected chi connectivity index (χ4v) is 2.04. The summed E-state index contributed by atoms with van der Waals surface area (Å²) < 4.78 is 0. The second-order valence-corrected chi connectivity index (χ2v) is 5.68. The monoisotopic (exact) mass is 229 g/mol. The maximum Gasteiger partial charge on any atom is 0.00685 e. The summed E-state index contributed by atoms with van der Waals surface area (Å²) in [6.07, 6.45) is 5.86. The summed E-state index contributed by atoms with van der Waals surface area (Å²) in [7, 11) is 0. The molecule has 2 rings (SSSR count). The van der Waals surface area contributed by atoms with Crippen molar-refractivity contribution in [1.29, 1.82) is 0 Å². The van der Waals surface area contributed by atoms with Gasteiger partial charge in [0.2, 0.25) is 0 Å². The van der Waals surface area contributed by atoms with Gasteiger partial charge >= 0.3 is 0 Å². The van der Waals surface area contributed by atoms with Gasteiger partial charge in [0.1, 0.15) is 0 Å². The third-order valence-electron chi connectivity index (χ3n) is 3.59. The highest BCUT2D eigenvalue weighted by atomic mass is 15.0. The smallest absolute Gasteiger partial charge is 0.00685 e. The molecule has 0 saturated heterocycles. The summed E-state index contributed by atoms with van der Waals surface area (Å²) in [4.78, 5) is 0. The molecule has 1 aromatic rings. The topological polar surface area (TPSA) is 12.0 Å². The van der Waals surface area contributed by atoms with E-state index in [1.807, 2.05) is 0 Å². The fraction of sp³-hybridized carbons (Fsp3) is 0.500. The second kappa shape index (κ2) is 5.05. The summed E-state index contributed by atoms with van der Waals surface area (Å²) in [6.45, 7) is 9.46. The minimum absolute atomic E-state index is 0.165. The lowest BCUT2D eigenvalue weighted by molar-refractivity contribution is 0.389. The Labute approximate surface area is 105 Å². The van der Waals surface area contributed by atoms with Crippen molar-refractivity contribution in [2.45, 2.75) is 39.2 Å². The third-order valence-corrected chi connectivity index (χ3v) is 3.59. The predicted molar refractivity (Wildman–Crippen MR) is 74.2 cm³/mol. The van der Waals surface area contributed by atoms with Crippen LogP contribution in [0.2, 0.25) is 0 Å². The van der Waals surface area contributed by atoms with E-state index < -0.39 is 0 Å². The quantitative estimate of drug-likeness (QED) is 0.736. The number of nitrogens with one attached hydrogen (secondary N) is 1. The standard InChI is InChI=1S/C16H23N/c1-4-16(3,12-17-15-9-10-15)11-14-7-5-13(2)6-8-14/h4-8,15,17H,1,9-12H2,2-3H3. The Morgan fingerprint density at radius 1 is 1.35 bits per heavy atom. The Hall–Kier alpha value is -1.08. The van der Waals surface area contributed by atoms with Crippen LogP contribution in [0.15, 0.2) is 36.9 Å². The molecule has 17 heavy (non-hydrogen) atoms. The molecule has 1 nitrogen and oxygen atoms in total. The Morgan fingerprint density at radius 2 is 2.00 bits per heavy atom. The summed E-state index contributed by atoms with van der Waals surface area (Å²) >= 11 is 0. The van der Waals surface area contributed by atoms with Gasteiger partial charge in [0.05, 0.1) is 0 Å². The molecular formula is C16H23N. The van der Waals surface area contributed by atoms with Gasteiger partial charge in [-0.25, -0.2) is 0 Å². The van der Waals surface area contributed by atoms with Crippen molar-refractivity contribution < 1.29 is 0 Å². The van der Waals surface area contributed by atoms with Crippen LogP contribution < -0.4 is 5.32 Å². The maximum absolute atomic E-state index is 4.00. The van der Waals surface area contributed by atoms with Crippen LogP contribution in [0.25, 0.3) is 0 Å². The predicted octanol–water partition coefficient (Wildman–Crippen LogP) is 3.48. The molecule has 1 heteroatoms. The zero-order valence-electron chi connectivity index (χ0n) is 11.0. The first-order valence-electron chi connectivity index (χ1n) is 6.54. The number of hydrogen-bond donors (Lipinski definition) is 1. The molecule has 0 aromatic heterocycles. The molecule has 1 unspecified atom stereocenters. The highest BCUT2D eigenvalue weighted by molar-refractivity contribution is 5.23. The molecule has 92 valence electrons. The van der Waals surface area contributed by atoms with E-state index >= 15 is 0 Å². The molecule has 0 radical (unpaired) electrons. The second-order valence-electron chi connectivity index (χ2n) is 5.68. The van der Waals surface area contributed by atoms with Crippen LogP contribution in [-0.2, 0) is 6.42 Å². The van der Waals surface area contributed by atoms with E-state index in [9.17, 15) is 0 Å². The Balaban J connectivity index is 1.96. The average Bonchev–Trinajstić information content (AvgIpc) is 3.14. The van der Waals surface area contributed by atoms with Gasteiger partial charge in [-0.05, 0) is 31.7 Å². The molecule has 1 atom stereocenters. The van der Waals surface area contributed by atoms with Gasteiger partial charge in [-0.1, -0.05) is 42.8 Å². The fourth-order valence-electron chi connectivity index (χ4n) is 2.04. The molecule has 0 bridgehead atoms. The summed E-state index contributed by atoms with van der Waals surface area (Å²) in [5.74, 6) is 0. The highest BCUT2D eigenvalue weighted by Crippen LogP contribution is 2.26. The molecule has 1 aliphatic carbocycles. The first-order chi connectivity index (χ1) is 8.11. The molecule has 0 aliphatic heterocycles. The van der Waals surface area contributed by atoms with E-state index in [0.717, 1.165) is 19.0 Å². The number of aryl methyl sites for hydroxylation is 1. The van der Waals surface area contributed by atoms with Crippen LogP contribution in [0, 0.1) is 12.3 Å². The van der Waals surface area contributed by atoms with E-state index in [1.165, 1.54) is 24.0 Å².